The van der Waals surface area contributed by atoms with Crippen LogP contribution >= 0.6 is 0 Å². The molecular weight excluding hydrogens is 198 g/mol. The Balaban J connectivity index is 2.63. The van der Waals surface area contributed by atoms with E-state index in [4.69, 9.17) is 9.84 Å². The van der Waals surface area contributed by atoms with Crippen molar-refractivity contribution in [1.82, 2.24) is 4.90 Å². The van der Waals surface area contributed by atoms with Gasteiger partial charge in [-0.15, -0.1) is 0 Å². The molecule has 1 saturated heterocycles. The Bertz CT molecular complexity index is 266. The van der Waals surface area contributed by atoms with Crippen molar-refractivity contribution in [1.29, 1.82) is 0 Å². The summed E-state index contributed by atoms with van der Waals surface area (Å²) in [7, 11) is 1.46. The molecule has 1 aliphatic heterocycles. The number of methoxy groups -OCH3 is 1. The minimum Gasteiger partial charge on any atom is -0.481 e. The summed E-state index contributed by atoms with van der Waals surface area (Å²) < 4.78 is 4.75. The molecule has 0 spiro atoms. The Morgan fingerprint density at radius 2 is 2.20 bits per heavy atom. The molecule has 0 saturated carbocycles. The topological polar surface area (TPSA) is 66.8 Å². The summed E-state index contributed by atoms with van der Waals surface area (Å²) in [5.41, 5.74) is -0.804. The number of hydrogen-bond acceptors (Lipinski definition) is 3. The molecule has 1 aliphatic rings. The average Bonchev–Trinajstić information content (AvgIpc) is 2.18. The molecule has 0 aromatic rings. The van der Waals surface area contributed by atoms with Gasteiger partial charge in [0.2, 0.25) is 5.91 Å². The number of carbonyl (C=O) groups excluding carboxylic acids is 1. The van der Waals surface area contributed by atoms with E-state index < -0.39 is 11.4 Å². The Hall–Kier alpha value is -1.10. The Morgan fingerprint density at radius 1 is 1.53 bits per heavy atom. The quantitative estimate of drug-likeness (QED) is 0.737. The van der Waals surface area contributed by atoms with Crippen LogP contribution in [0.4, 0.5) is 0 Å². The van der Waals surface area contributed by atoms with E-state index >= 15 is 0 Å². The van der Waals surface area contributed by atoms with Crippen molar-refractivity contribution in [3.05, 3.63) is 0 Å². The number of aliphatic carboxylic acids is 1. The summed E-state index contributed by atoms with van der Waals surface area (Å²) >= 11 is 0. The zero-order valence-corrected chi connectivity index (χ0v) is 9.15. The van der Waals surface area contributed by atoms with Gasteiger partial charge in [0.15, 0.2) is 0 Å². The van der Waals surface area contributed by atoms with Gasteiger partial charge < -0.3 is 14.7 Å². The summed E-state index contributed by atoms with van der Waals surface area (Å²) in [4.78, 5) is 24.1. The number of nitrogens with zero attached hydrogens (tertiary/aromatic N) is 1. The third-order valence-corrected chi connectivity index (χ3v) is 2.83. The highest BCUT2D eigenvalue weighted by atomic mass is 16.5. The number of piperidine rings is 1. The molecule has 0 bridgehead atoms. The molecule has 0 aliphatic carbocycles. The van der Waals surface area contributed by atoms with Crippen molar-refractivity contribution in [3.63, 3.8) is 0 Å². The van der Waals surface area contributed by atoms with E-state index in [9.17, 15) is 9.59 Å². The van der Waals surface area contributed by atoms with Gasteiger partial charge in [0.05, 0.1) is 5.41 Å². The second-order valence-electron chi connectivity index (χ2n) is 4.22. The lowest BCUT2D eigenvalue weighted by Gasteiger charge is -2.37. The number of likely N-dealkylation sites (tertiary alicyclic amines) is 1. The fourth-order valence-electron chi connectivity index (χ4n) is 1.84. The Kier molecular flexibility index (Phi) is 3.68. The molecule has 0 aromatic carbocycles. The zero-order valence-electron chi connectivity index (χ0n) is 9.15. The van der Waals surface area contributed by atoms with E-state index in [1.54, 1.807) is 11.8 Å². The van der Waals surface area contributed by atoms with Gasteiger partial charge >= 0.3 is 5.97 Å². The third kappa shape index (κ3) is 2.68. The van der Waals surface area contributed by atoms with Gasteiger partial charge in [-0.05, 0) is 19.8 Å². The first-order chi connectivity index (χ1) is 6.99. The van der Waals surface area contributed by atoms with Gasteiger partial charge in [0, 0.05) is 20.2 Å². The number of rotatable bonds is 3. The first kappa shape index (κ1) is 12.0. The van der Waals surface area contributed by atoms with E-state index in [1.807, 2.05) is 0 Å². The molecule has 15 heavy (non-hydrogen) atoms. The highest BCUT2D eigenvalue weighted by molar-refractivity contribution is 5.80. The van der Waals surface area contributed by atoms with Crippen molar-refractivity contribution in [2.45, 2.75) is 19.8 Å². The van der Waals surface area contributed by atoms with Crippen molar-refractivity contribution in [3.8, 4) is 0 Å². The number of carboxylic acids is 1. The predicted octanol–water partition coefficient (Wildman–Crippen LogP) is 0.346. The Labute approximate surface area is 89.0 Å². The third-order valence-electron chi connectivity index (χ3n) is 2.83. The van der Waals surface area contributed by atoms with Crippen LogP contribution in [0.15, 0.2) is 0 Å². The summed E-state index contributed by atoms with van der Waals surface area (Å²) in [5.74, 6) is -0.970. The highest BCUT2D eigenvalue weighted by Crippen LogP contribution is 2.29. The summed E-state index contributed by atoms with van der Waals surface area (Å²) in [6.45, 7) is 2.62. The van der Waals surface area contributed by atoms with Crippen LogP contribution in [0.25, 0.3) is 0 Å². The number of hydrogen-bond donors (Lipinski definition) is 1. The Morgan fingerprint density at radius 3 is 2.73 bits per heavy atom. The number of amides is 1. The van der Waals surface area contributed by atoms with Crippen LogP contribution in [0.3, 0.4) is 0 Å². The lowest BCUT2D eigenvalue weighted by molar-refractivity contribution is -0.154. The molecule has 1 atom stereocenters. The van der Waals surface area contributed by atoms with Crippen LogP contribution in [0.1, 0.15) is 19.8 Å². The van der Waals surface area contributed by atoms with E-state index in [2.05, 4.69) is 0 Å². The van der Waals surface area contributed by atoms with Crippen LogP contribution < -0.4 is 0 Å². The lowest BCUT2D eigenvalue weighted by atomic mass is 9.82. The molecule has 1 fully saturated rings. The number of ether oxygens (including phenoxy) is 1. The van der Waals surface area contributed by atoms with Gasteiger partial charge in [-0.1, -0.05) is 0 Å². The summed E-state index contributed by atoms with van der Waals surface area (Å²) in [6.07, 6.45) is 1.36. The standard InChI is InChI=1S/C10H17NO4/c1-10(9(13)14)4-3-5-11(7-10)8(12)6-15-2/h3-7H2,1-2H3,(H,13,14). The van der Waals surface area contributed by atoms with Crippen molar-refractivity contribution in [2.24, 2.45) is 5.41 Å². The van der Waals surface area contributed by atoms with Crippen LogP contribution in [0, 0.1) is 5.41 Å². The normalized spacial score (nSPS) is 26.4. The fraction of sp³-hybridized carbons (Fsp3) is 0.800. The first-order valence-electron chi connectivity index (χ1n) is 5.00. The largest absolute Gasteiger partial charge is 0.481 e. The maximum atomic E-state index is 11.5. The molecule has 5 heteroatoms. The number of carbonyl (C=O) groups is 2. The highest BCUT2D eigenvalue weighted by Gasteiger charge is 2.39. The van der Waals surface area contributed by atoms with E-state index in [0.717, 1.165) is 6.42 Å². The second-order valence-corrected chi connectivity index (χ2v) is 4.22. The van der Waals surface area contributed by atoms with Crippen molar-refractivity contribution < 1.29 is 19.4 Å². The number of carboxylic acid groups (broad SMARTS) is 1. The fourth-order valence-corrected chi connectivity index (χ4v) is 1.84. The monoisotopic (exact) mass is 215 g/mol. The maximum Gasteiger partial charge on any atom is 0.311 e. The van der Waals surface area contributed by atoms with Crippen LogP contribution in [-0.4, -0.2) is 48.7 Å². The zero-order chi connectivity index (χ0) is 11.5. The molecule has 5 nitrogen and oxygen atoms in total. The molecular formula is C10H17NO4. The van der Waals surface area contributed by atoms with E-state index in [-0.39, 0.29) is 19.1 Å². The van der Waals surface area contributed by atoms with Gasteiger partial charge in [0.1, 0.15) is 6.61 Å². The van der Waals surface area contributed by atoms with E-state index in [0.29, 0.717) is 13.0 Å². The smallest absolute Gasteiger partial charge is 0.311 e. The lowest BCUT2D eigenvalue weighted by Crippen LogP contribution is -2.49. The van der Waals surface area contributed by atoms with Crippen molar-refractivity contribution >= 4 is 11.9 Å². The summed E-state index contributed by atoms with van der Waals surface area (Å²) in [5, 5.41) is 9.06. The van der Waals surface area contributed by atoms with Crippen LogP contribution in [0.2, 0.25) is 0 Å². The van der Waals surface area contributed by atoms with Gasteiger partial charge in [-0.3, -0.25) is 9.59 Å². The predicted molar refractivity (Wildman–Crippen MR) is 53.4 cm³/mol. The van der Waals surface area contributed by atoms with Crippen LogP contribution in [-0.2, 0) is 14.3 Å². The first-order valence-corrected chi connectivity index (χ1v) is 5.00. The molecule has 86 valence electrons. The average molecular weight is 215 g/mol. The van der Waals surface area contributed by atoms with Gasteiger partial charge in [-0.25, -0.2) is 0 Å². The minimum atomic E-state index is -0.836. The molecule has 0 radical (unpaired) electrons. The molecule has 1 amide bonds. The van der Waals surface area contributed by atoms with Crippen LogP contribution in [0.5, 0.6) is 0 Å². The maximum absolute atomic E-state index is 11.5. The van der Waals surface area contributed by atoms with E-state index in [1.165, 1.54) is 7.11 Å². The molecule has 1 N–H and O–H groups in total. The minimum absolute atomic E-state index is 0.0235. The van der Waals surface area contributed by atoms with Gasteiger partial charge in [0.25, 0.3) is 0 Å². The van der Waals surface area contributed by atoms with Gasteiger partial charge in [-0.2, -0.15) is 0 Å². The molecule has 1 unspecified atom stereocenters. The second kappa shape index (κ2) is 4.61. The van der Waals surface area contributed by atoms with Crippen molar-refractivity contribution in [2.75, 3.05) is 26.8 Å². The molecule has 1 rings (SSSR count). The SMILES string of the molecule is COCC(=O)N1CCCC(C)(C(=O)O)C1. The summed E-state index contributed by atoms with van der Waals surface area (Å²) in [6, 6.07) is 0. The molecule has 0 aromatic heterocycles. The molecule has 1 heterocycles.